The van der Waals surface area contributed by atoms with Gasteiger partial charge in [-0.25, -0.2) is 14.0 Å². The van der Waals surface area contributed by atoms with Gasteiger partial charge in [-0.1, -0.05) is 71.9 Å². The van der Waals surface area contributed by atoms with Crippen LogP contribution < -0.4 is 11.0 Å². The minimum absolute atomic E-state index is 0.0383. The molecule has 2 heterocycles. The molecule has 2 aromatic rings. The third-order valence-electron chi connectivity index (χ3n) is 8.75. The largest absolute Gasteiger partial charge is 0.479 e. The number of aliphatic carboxylic acids is 1. The molecule has 0 amide bonds. The first kappa shape index (κ1) is 34.6. The topological polar surface area (TPSA) is 112 Å². The molecule has 0 saturated carbocycles. The van der Waals surface area contributed by atoms with Crippen LogP contribution >= 0.6 is 15.9 Å². The van der Waals surface area contributed by atoms with Crippen molar-refractivity contribution in [2.75, 3.05) is 11.9 Å². The minimum atomic E-state index is -2.49. The first-order valence-electron chi connectivity index (χ1n) is 14.1. The van der Waals surface area contributed by atoms with Crippen LogP contribution in [0.1, 0.15) is 59.4 Å². The summed E-state index contributed by atoms with van der Waals surface area (Å²) in [5.74, 6) is -1.10. The summed E-state index contributed by atoms with van der Waals surface area (Å²) in [7, 11) is -4.70. The van der Waals surface area contributed by atoms with Crippen molar-refractivity contribution >= 4 is 44.4 Å². The third-order valence-corrected chi connectivity index (χ3v) is 18.5. The van der Waals surface area contributed by atoms with Gasteiger partial charge in [-0.05, 0) is 63.8 Å². The number of benzene rings is 1. The highest BCUT2D eigenvalue weighted by Crippen LogP contribution is 2.50. The zero-order valence-electron chi connectivity index (χ0n) is 26.2. The molecule has 5 atom stereocenters. The summed E-state index contributed by atoms with van der Waals surface area (Å²) in [6, 6.07) is 8.84. The van der Waals surface area contributed by atoms with Crippen molar-refractivity contribution in [3.63, 3.8) is 0 Å². The summed E-state index contributed by atoms with van der Waals surface area (Å²) in [5.41, 5.74) is -0.311. The summed E-state index contributed by atoms with van der Waals surface area (Å²) in [4.78, 5) is 29.2. The number of nitrogens with one attached hydrogen (secondary N) is 1. The monoisotopic (exact) mass is 685 g/mol. The Morgan fingerprint density at radius 2 is 1.69 bits per heavy atom. The van der Waals surface area contributed by atoms with Gasteiger partial charge in [-0.2, -0.15) is 4.98 Å². The Bertz CT molecular complexity index is 1310. The van der Waals surface area contributed by atoms with E-state index in [1.54, 1.807) is 30.3 Å². The fourth-order valence-electron chi connectivity index (χ4n) is 4.00. The average Bonchev–Trinajstić information content (AvgIpc) is 3.09. The number of carboxylic acid groups (broad SMARTS) is 1. The second-order valence-corrected chi connectivity index (χ2v) is 24.7. The zero-order chi connectivity index (χ0) is 31.9. The molecule has 1 saturated heterocycles. The second kappa shape index (κ2) is 12.2. The fourth-order valence-corrected chi connectivity index (χ4v) is 7.22. The molecule has 1 aromatic carbocycles. The van der Waals surface area contributed by atoms with Crippen molar-refractivity contribution in [1.82, 2.24) is 9.55 Å². The number of rotatable bonds is 10. The van der Waals surface area contributed by atoms with Gasteiger partial charge in [-0.3, -0.25) is 4.57 Å². The predicted octanol–water partition coefficient (Wildman–Crippen LogP) is 6.85. The van der Waals surface area contributed by atoms with Gasteiger partial charge in [0.2, 0.25) is 4.58 Å². The maximum absolute atomic E-state index is 16.8. The van der Waals surface area contributed by atoms with E-state index in [1.165, 1.54) is 12.3 Å². The lowest BCUT2D eigenvalue weighted by Gasteiger charge is -2.42. The van der Waals surface area contributed by atoms with Crippen LogP contribution in [0.5, 0.6) is 0 Å². The molecule has 1 fully saturated rings. The van der Waals surface area contributed by atoms with Crippen molar-refractivity contribution in [3.8, 4) is 0 Å². The Hall–Kier alpha value is -1.91. The maximum Gasteiger partial charge on any atom is 0.351 e. The Morgan fingerprint density at radius 1 is 1.12 bits per heavy atom. The molecule has 1 aliphatic rings. The molecule has 42 heavy (non-hydrogen) atoms. The Balaban J connectivity index is 1.95. The molecule has 1 aliphatic heterocycles. The fraction of sp³-hybridized carbons (Fsp3) is 0.621. The highest BCUT2D eigenvalue weighted by atomic mass is 79.9. The number of carboxylic acids is 1. The van der Waals surface area contributed by atoms with E-state index in [-0.39, 0.29) is 22.5 Å². The third kappa shape index (κ3) is 7.41. The SMILES string of the molecule is CC(C)(C)[Si](C)(C)OC[C@H]1O[C@@H](n2ccc(NC(C(=O)O)c3ccccc3)nc2=O)[C@@](F)(Br)[C@@H]1O[Si](C)(C)C(C)(C)C. The molecule has 1 aromatic heterocycles. The molecule has 13 heteroatoms. The molecule has 0 aliphatic carbocycles. The van der Waals surface area contributed by atoms with Gasteiger partial charge < -0.3 is 24.0 Å². The van der Waals surface area contributed by atoms with E-state index < -0.39 is 57.3 Å². The molecule has 0 radical (unpaired) electrons. The number of carbonyl (C=O) groups is 1. The predicted molar refractivity (Wildman–Crippen MR) is 171 cm³/mol. The summed E-state index contributed by atoms with van der Waals surface area (Å²) in [6.45, 7) is 21.0. The average molecular weight is 687 g/mol. The van der Waals surface area contributed by atoms with Gasteiger partial charge in [0.05, 0.1) is 6.61 Å². The Labute approximate surface area is 258 Å². The van der Waals surface area contributed by atoms with Gasteiger partial charge >= 0.3 is 11.7 Å². The number of hydrogen-bond donors (Lipinski definition) is 2. The molecular formula is C29H45BrFN3O6Si2. The van der Waals surface area contributed by atoms with Crippen LogP contribution in [0, 0.1) is 0 Å². The molecule has 0 bridgehead atoms. The Morgan fingerprint density at radius 3 is 2.19 bits per heavy atom. The number of aromatic nitrogens is 2. The van der Waals surface area contributed by atoms with Crippen LogP contribution in [0.25, 0.3) is 0 Å². The standard InChI is InChI=1S/C29H45BrFN3O6Si2/c1-27(2,3)41(7,8)38-18-20-23(40-42(9,10)28(4,5)6)29(30,31)25(39-20)34-17-16-21(33-26(34)37)32-22(24(35)36)19-14-12-11-13-15-19/h11-17,20,22-23,25H,18H2,1-10H3,(H,35,36)(H,32,33,37)/t20-,22?,23-,25-,29-/m1/s1. The number of hydrogen-bond acceptors (Lipinski definition) is 7. The van der Waals surface area contributed by atoms with Gasteiger partial charge in [0, 0.05) is 6.20 Å². The quantitative estimate of drug-likeness (QED) is 0.206. The lowest BCUT2D eigenvalue weighted by atomic mass is 10.1. The second-order valence-electron chi connectivity index (χ2n) is 13.9. The summed E-state index contributed by atoms with van der Waals surface area (Å²) >= 11 is 3.25. The van der Waals surface area contributed by atoms with Crippen molar-refractivity contribution in [2.24, 2.45) is 0 Å². The zero-order valence-corrected chi connectivity index (χ0v) is 29.8. The molecular weight excluding hydrogens is 641 g/mol. The van der Waals surface area contributed by atoms with Crippen molar-refractivity contribution in [3.05, 3.63) is 58.6 Å². The van der Waals surface area contributed by atoms with E-state index >= 15 is 4.39 Å². The lowest BCUT2D eigenvalue weighted by molar-refractivity contribution is -0.138. The van der Waals surface area contributed by atoms with Gasteiger partial charge in [0.25, 0.3) is 0 Å². The highest BCUT2D eigenvalue weighted by molar-refractivity contribution is 9.10. The first-order valence-corrected chi connectivity index (χ1v) is 20.7. The number of anilines is 1. The molecule has 2 N–H and O–H groups in total. The first-order chi connectivity index (χ1) is 19.1. The van der Waals surface area contributed by atoms with Crippen molar-refractivity contribution < 1.29 is 27.9 Å². The minimum Gasteiger partial charge on any atom is -0.479 e. The number of nitrogens with zero attached hydrogens (tertiary/aromatic N) is 2. The van der Waals surface area contributed by atoms with Crippen LogP contribution in [-0.4, -0.2) is 60.7 Å². The normalized spacial score (nSPS) is 24.4. The van der Waals surface area contributed by atoms with Gasteiger partial charge in [0.1, 0.15) is 18.0 Å². The Kier molecular flexibility index (Phi) is 10.1. The molecule has 9 nitrogen and oxygen atoms in total. The highest BCUT2D eigenvalue weighted by Gasteiger charge is 2.61. The summed E-state index contributed by atoms with van der Waals surface area (Å²) in [5, 5.41) is 12.3. The molecule has 0 spiro atoms. The van der Waals surface area contributed by atoms with Gasteiger partial charge in [-0.15, -0.1) is 0 Å². The van der Waals surface area contributed by atoms with E-state index in [0.717, 1.165) is 4.57 Å². The van der Waals surface area contributed by atoms with Crippen LogP contribution in [0.15, 0.2) is 47.4 Å². The van der Waals surface area contributed by atoms with E-state index in [1.807, 2.05) is 13.1 Å². The van der Waals surface area contributed by atoms with Crippen molar-refractivity contribution in [1.29, 1.82) is 0 Å². The summed E-state index contributed by atoms with van der Waals surface area (Å²) < 4.78 is 34.9. The lowest BCUT2D eigenvalue weighted by Crippen LogP contribution is -2.52. The molecule has 234 valence electrons. The number of halogens is 2. The van der Waals surface area contributed by atoms with Crippen LogP contribution in [-0.2, 0) is 18.4 Å². The van der Waals surface area contributed by atoms with Crippen LogP contribution in [0.4, 0.5) is 10.2 Å². The molecule has 3 rings (SSSR count). The molecule has 1 unspecified atom stereocenters. The van der Waals surface area contributed by atoms with E-state index in [4.69, 9.17) is 13.6 Å². The van der Waals surface area contributed by atoms with E-state index in [9.17, 15) is 14.7 Å². The van der Waals surface area contributed by atoms with Crippen LogP contribution in [0.3, 0.4) is 0 Å². The summed E-state index contributed by atoms with van der Waals surface area (Å²) in [6.07, 6.45) is -1.92. The van der Waals surface area contributed by atoms with Crippen LogP contribution in [0.2, 0.25) is 36.3 Å². The van der Waals surface area contributed by atoms with Gasteiger partial charge in [0.15, 0.2) is 28.9 Å². The van der Waals surface area contributed by atoms with Crippen molar-refractivity contribution in [2.45, 2.75) is 107 Å². The smallest absolute Gasteiger partial charge is 0.351 e. The number of ether oxygens (including phenoxy) is 1. The number of alkyl halides is 2. The maximum atomic E-state index is 16.8. The van der Waals surface area contributed by atoms with E-state index in [2.05, 4.69) is 80.9 Å². The van der Waals surface area contributed by atoms with E-state index in [0.29, 0.717) is 5.56 Å².